The molecule has 0 bridgehead atoms. The summed E-state index contributed by atoms with van der Waals surface area (Å²) in [5.41, 5.74) is 1.83. The summed E-state index contributed by atoms with van der Waals surface area (Å²) in [4.78, 5) is 2.66. The number of hydrogen-bond donors (Lipinski definition) is 1. The molecule has 2 heteroatoms. The standard InChI is InChI=1S/C18H30N2/c1-4-18(5-2)15-20(14-12-19-18)13-11-16(3)17-9-7-6-8-10-17/h6-10,16,19H,4-5,11-15H2,1-3H3. The predicted octanol–water partition coefficient (Wildman–Crippen LogP) is 3.64. The molecule has 2 rings (SSSR count). The van der Waals surface area contributed by atoms with Crippen LogP contribution in [0.15, 0.2) is 30.3 Å². The van der Waals surface area contributed by atoms with E-state index in [0.29, 0.717) is 11.5 Å². The van der Waals surface area contributed by atoms with Crippen LogP contribution in [0.3, 0.4) is 0 Å². The van der Waals surface area contributed by atoms with E-state index in [0.717, 1.165) is 6.54 Å². The first kappa shape index (κ1) is 15.5. The molecular formula is C18H30N2. The number of benzene rings is 1. The van der Waals surface area contributed by atoms with E-state index < -0.39 is 0 Å². The Labute approximate surface area is 124 Å². The van der Waals surface area contributed by atoms with Gasteiger partial charge in [-0.05, 0) is 37.3 Å². The molecule has 1 aliphatic rings. The number of nitrogens with zero attached hydrogens (tertiary/aromatic N) is 1. The molecule has 0 spiro atoms. The molecule has 20 heavy (non-hydrogen) atoms. The Balaban J connectivity index is 1.85. The largest absolute Gasteiger partial charge is 0.309 e. The first-order chi connectivity index (χ1) is 9.69. The van der Waals surface area contributed by atoms with Gasteiger partial charge in [-0.15, -0.1) is 0 Å². The van der Waals surface area contributed by atoms with E-state index in [9.17, 15) is 0 Å². The summed E-state index contributed by atoms with van der Waals surface area (Å²) in [7, 11) is 0. The lowest BCUT2D eigenvalue weighted by Gasteiger charge is -2.43. The molecule has 1 aromatic carbocycles. The molecule has 0 radical (unpaired) electrons. The average molecular weight is 274 g/mol. The van der Waals surface area contributed by atoms with Gasteiger partial charge in [0.1, 0.15) is 0 Å². The molecule has 0 amide bonds. The highest BCUT2D eigenvalue weighted by atomic mass is 15.2. The van der Waals surface area contributed by atoms with Crippen molar-refractivity contribution >= 4 is 0 Å². The Morgan fingerprint density at radius 1 is 1.20 bits per heavy atom. The van der Waals surface area contributed by atoms with Gasteiger partial charge in [0.2, 0.25) is 0 Å². The van der Waals surface area contributed by atoms with E-state index in [2.05, 4.69) is 61.3 Å². The maximum absolute atomic E-state index is 3.74. The Kier molecular flexibility index (Phi) is 5.62. The van der Waals surface area contributed by atoms with Gasteiger partial charge >= 0.3 is 0 Å². The summed E-state index contributed by atoms with van der Waals surface area (Å²) in [6.45, 7) is 11.7. The van der Waals surface area contributed by atoms with Gasteiger partial charge in [-0.25, -0.2) is 0 Å². The Bertz CT molecular complexity index is 384. The first-order valence-electron chi connectivity index (χ1n) is 8.21. The lowest BCUT2D eigenvalue weighted by molar-refractivity contribution is 0.121. The highest BCUT2D eigenvalue weighted by Crippen LogP contribution is 2.23. The van der Waals surface area contributed by atoms with Crippen LogP contribution in [-0.2, 0) is 0 Å². The molecule has 2 nitrogen and oxygen atoms in total. The molecule has 1 aliphatic heterocycles. The van der Waals surface area contributed by atoms with Gasteiger partial charge in [0, 0.05) is 25.2 Å². The van der Waals surface area contributed by atoms with Crippen LogP contribution in [0.5, 0.6) is 0 Å². The Hall–Kier alpha value is -0.860. The lowest BCUT2D eigenvalue weighted by Crippen LogP contribution is -2.59. The normalized spacial score (nSPS) is 20.8. The molecule has 112 valence electrons. The van der Waals surface area contributed by atoms with Crippen LogP contribution in [0.4, 0.5) is 0 Å². The first-order valence-corrected chi connectivity index (χ1v) is 8.21. The third kappa shape index (κ3) is 3.83. The monoisotopic (exact) mass is 274 g/mol. The number of nitrogens with one attached hydrogen (secondary N) is 1. The van der Waals surface area contributed by atoms with Gasteiger partial charge in [-0.2, -0.15) is 0 Å². The van der Waals surface area contributed by atoms with Crippen molar-refractivity contribution < 1.29 is 0 Å². The van der Waals surface area contributed by atoms with Gasteiger partial charge in [-0.3, -0.25) is 0 Å². The van der Waals surface area contributed by atoms with Crippen LogP contribution >= 0.6 is 0 Å². The number of rotatable bonds is 6. The second-order valence-electron chi connectivity index (χ2n) is 6.29. The topological polar surface area (TPSA) is 15.3 Å². The Morgan fingerprint density at radius 3 is 2.55 bits per heavy atom. The fraction of sp³-hybridized carbons (Fsp3) is 0.667. The highest BCUT2D eigenvalue weighted by Gasteiger charge is 2.31. The van der Waals surface area contributed by atoms with Crippen LogP contribution in [0.25, 0.3) is 0 Å². The van der Waals surface area contributed by atoms with Crippen LogP contribution in [-0.4, -0.2) is 36.6 Å². The second-order valence-corrected chi connectivity index (χ2v) is 6.29. The van der Waals surface area contributed by atoms with E-state index in [-0.39, 0.29) is 0 Å². The van der Waals surface area contributed by atoms with Gasteiger partial charge < -0.3 is 10.2 Å². The number of piperazine rings is 1. The summed E-state index contributed by atoms with van der Waals surface area (Å²) in [5.74, 6) is 0.656. The third-order valence-electron chi connectivity index (χ3n) is 5.05. The summed E-state index contributed by atoms with van der Waals surface area (Å²) in [6, 6.07) is 10.9. The smallest absolute Gasteiger partial charge is 0.0304 e. The quantitative estimate of drug-likeness (QED) is 0.852. The summed E-state index contributed by atoms with van der Waals surface area (Å²) in [5, 5.41) is 3.74. The van der Waals surface area contributed by atoms with Crippen molar-refractivity contribution in [1.82, 2.24) is 10.2 Å². The maximum atomic E-state index is 3.74. The SMILES string of the molecule is CCC1(CC)CN(CCC(C)c2ccccc2)CCN1. The maximum Gasteiger partial charge on any atom is 0.0304 e. The molecular weight excluding hydrogens is 244 g/mol. The predicted molar refractivity (Wildman–Crippen MR) is 87.2 cm³/mol. The van der Waals surface area contributed by atoms with E-state index in [1.807, 2.05) is 0 Å². The fourth-order valence-electron chi connectivity index (χ4n) is 3.28. The molecule has 1 atom stereocenters. The van der Waals surface area contributed by atoms with E-state index in [1.165, 1.54) is 44.5 Å². The third-order valence-corrected chi connectivity index (χ3v) is 5.05. The van der Waals surface area contributed by atoms with Crippen LogP contribution in [0, 0.1) is 0 Å². The van der Waals surface area contributed by atoms with Crippen LogP contribution < -0.4 is 5.32 Å². The minimum atomic E-state index is 0.355. The molecule has 0 saturated carbocycles. The molecule has 1 heterocycles. The summed E-state index contributed by atoms with van der Waals surface area (Å²) < 4.78 is 0. The average Bonchev–Trinajstić information content (AvgIpc) is 2.53. The Morgan fingerprint density at radius 2 is 1.90 bits per heavy atom. The van der Waals surface area contributed by atoms with Crippen molar-refractivity contribution in [3.63, 3.8) is 0 Å². The van der Waals surface area contributed by atoms with Gasteiger partial charge in [0.05, 0.1) is 0 Å². The van der Waals surface area contributed by atoms with Crippen molar-refractivity contribution in [3.8, 4) is 0 Å². The van der Waals surface area contributed by atoms with Crippen LogP contribution in [0.2, 0.25) is 0 Å². The van der Waals surface area contributed by atoms with Gasteiger partial charge in [0.15, 0.2) is 0 Å². The van der Waals surface area contributed by atoms with Crippen molar-refractivity contribution in [1.29, 1.82) is 0 Å². The van der Waals surface area contributed by atoms with Crippen molar-refractivity contribution in [2.75, 3.05) is 26.2 Å². The lowest BCUT2D eigenvalue weighted by atomic mass is 9.89. The molecule has 0 aliphatic carbocycles. The molecule has 1 unspecified atom stereocenters. The van der Waals surface area contributed by atoms with Crippen molar-refractivity contribution in [3.05, 3.63) is 35.9 Å². The van der Waals surface area contributed by atoms with E-state index >= 15 is 0 Å². The number of hydrogen-bond acceptors (Lipinski definition) is 2. The van der Waals surface area contributed by atoms with Crippen LogP contribution in [0.1, 0.15) is 51.5 Å². The fourth-order valence-corrected chi connectivity index (χ4v) is 3.28. The summed E-state index contributed by atoms with van der Waals surface area (Å²) >= 11 is 0. The molecule has 0 aromatic heterocycles. The van der Waals surface area contributed by atoms with Crippen molar-refractivity contribution in [2.24, 2.45) is 0 Å². The minimum Gasteiger partial charge on any atom is -0.309 e. The van der Waals surface area contributed by atoms with Gasteiger partial charge in [-0.1, -0.05) is 51.1 Å². The van der Waals surface area contributed by atoms with Gasteiger partial charge in [0.25, 0.3) is 0 Å². The second kappa shape index (κ2) is 7.24. The molecule has 1 fully saturated rings. The van der Waals surface area contributed by atoms with E-state index in [4.69, 9.17) is 0 Å². The van der Waals surface area contributed by atoms with E-state index in [1.54, 1.807) is 0 Å². The highest BCUT2D eigenvalue weighted by molar-refractivity contribution is 5.18. The van der Waals surface area contributed by atoms with Crippen molar-refractivity contribution in [2.45, 2.75) is 51.5 Å². The minimum absolute atomic E-state index is 0.355. The zero-order valence-electron chi connectivity index (χ0n) is 13.4. The molecule has 1 aromatic rings. The molecule has 1 saturated heterocycles. The zero-order chi connectivity index (χ0) is 14.4. The zero-order valence-corrected chi connectivity index (χ0v) is 13.4. The molecule has 1 N–H and O–H groups in total. The summed E-state index contributed by atoms with van der Waals surface area (Å²) in [6.07, 6.45) is 3.72.